The standard InChI is InChI=1S/C9H13N3S2/c13-9-11-10-8(6-1-2-6)12(9)7-3-4-14-5-7/h6-7H,1-5H2,(H,11,13). The van der Waals surface area contributed by atoms with Crippen molar-refractivity contribution in [1.29, 1.82) is 0 Å². The highest BCUT2D eigenvalue weighted by Crippen LogP contribution is 2.41. The molecule has 0 spiro atoms. The predicted octanol–water partition coefficient (Wildman–Crippen LogP) is 2.50. The van der Waals surface area contributed by atoms with Crippen molar-refractivity contribution in [1.82, 2.24) is 14.8 Å². The van der Waals surface area contributed by atoms with Crippen LogP contribution in [0, 0.1) is 4.77 Å². The van der Waals surface area contributed by atoms with Gasteiger partial charge in [-0.25, -0.2) is 0 Å². The summed E-state index contributed by atoms with van der Waals surface area (Å²) in [4.78, 5) is 0. The number of hydrogen-bond acceptors (Lipinski definition) is 3. The molecule has 1 aliphatic carbocycles. The lowest BCUT2D eigenvalue weighted by molar-refractivity contribution is 0.529. The van der Waals surface area contributed by atoms with E-state index < -0.39 is 0 Å². The van der Waals surface area contributed by atoms with E-state index in [4.69, 9.17) is 12.2 Å². The zero-order chi connectivity index (χ0) is 9.54. The highest BCUT2D eigenvalue weighted by molar-refractivity contribution is 7.99. The van der Waals surface area contributed by atoms with Gasteiger partial charge in [0.05, 0.1) is 0 Å². The molecule has 1 atom stereocenters. The van der Waals surface area contributed by atoms with Crippen molar-refractivity contribution in [3.63, 3.8) is 0 Å². The number of rotatable bonds is 2. The molecule has 1 unspecified atom stereocenters. The van der Waals surface area contributed by atoms with E-state index in [9.17, 15) is 0 Å². The molecule has 0 amide bonds. The predicted molar refractivity (Wildman–Crippen MR) is 60.4 cm³/mol. The maximum absolute atomic E-state index is 5.29. The minimum absolute atomic E-state index is 0.599. The third-order valence-corrected chi connectivity index (χ3v) is 4.38. The Bertz CT molecular complexity index is 385. The number of aromatic amines is 1. The van der Waals surface area contributed by atoms with E-state index >= 15 is 0 Å². The monoisotopic (exact) mass is 227 g/mol. The Labute approximate surface area is 92.3 Å². The van der Waals surface area contributed by atoms with Crippen molar-refractivity contribution in [3.8, 4) is 0 Å². The molecule has 1 aliphatic heterocycles. The van der Waals surface area contributed by atoms with Crippen LogP contribution in [-0.2, 0) is 0 Å². The summed E-state index contributed by atoms with van der Waals surface area (Å²) in [7, 11) is 0. The van der Waals surface area contributed by atoms with Crippen LogP contribution in [0.25, 0.3) is 0 Å². The summed E-state index contributed by atoms with van der Waals surface area (Å²) in [6, 6.07) is 0.599. The van der Waals surface area contributed by atoms with Crippen LogP contribution in [0.5, 0.6) is 0 Å². The summed E-state index contributed by atoms with van der Waals surface area (Å²) in [5.41, 5.74) is 0. The molecule has 0 aromatic carbocycles. The van der Waals surface area contributed by atoms with E-state index in [1.807, 2.05) is 11.8 Å². The highest BCUT2D eigenvalue weighted by Gasteiger charge is 2.32. The molecule has 1 aromatic rings. The van der Waals surface area contributed by atoms with Crippen molar-refractivity contribution >= 4 is 24.0 Å². The van der Waals surface area contributed by atoms with Gasteiger partial charge in [0, 0.05) is 17.7 Å². The molecule has 1 saturated heterocycles. The number of thioether (sulfide) groups is 1. The van der Waals surface area contributed by atoms with E-state index in [0.717, 1.165) is 4.77 Å². The van der Waals surface area contributed by atoms with Gasteiger partial charge in [0.25, 0.3) is 0 Å². The van der Waals surface area contributed by atoms with E-state index in [2.05, 4.69) is 14.8 Å². The molecule has 3 nitrogen and oxygen atoms in total. The Hall–Kier alpha value is -0.290. The largest absolute Gasteiger partial charge is 0.300 e. The average molecular weight is 227 g/mol. The van der Waals surface area contributed by atoms with Crippen LogP contribution in [0.1, 0.15) is 37.0 Å². The van der Waals surface area contributed by atoms with Gasteiger partial charge in [-0.3, -0.25) is 9.67 Å². The Balaban J connectivity index is 2.00. The molecule has 1 saturated carbocycles. The summed E-state index contributed by atoms with van der Waals surface area (Å²) in [6.07, 6.45) is 3.83. The molecule has 76 valence electrons. The van der Waals surface area contributed by atoms with Crippen molar-refractivity contribution < 1.29 is 0 Å². The molecular formula is C9H13N3S2. The van der Waals surface area contributed by atoms with Crippen molar-refractivity contribution in [3.05, 3.63) is 10.6 Å². The number of H-pyrrole nitrogens is 1. The zero-order valence-electron chi connectivity index (χ0n) is 7.90. The van der Waals surface area contributed by atoms with Crippen LogP contribution in [-0.4, -0.2) is 26.3 Å². The summed E-state index contributed by atoms with van der Waals surface area (Å²) < 4.78 is 3.09. The first-order chi connectivity index (χ1) is 6.86. The molecule has 14 heavy (non-hydrogen) atoms. The molecule has 0 bridgehead atoms. The summed E-state index contributed by atoms with van der Waals surface area (Å²) in [6.45, 7) is 0. The lowest BCUT2D eigenvalue weighted by atomic mass is 10.2. The van der Waals surface area contributed by atoms with Crippen LogP contribution in [0.4, 0.5) is 0 Å². The first kappa shape index (κ1) is 8.97. The fourth-order valence-corrected chi connectivity index (χ4v) is 3.51. The molecule has 0 radical (unpaired) electrons. The van der Waals surface area contributed by atoms with Crippen LogP contribution in [0.3, 0.4) is 0 Å². The maximum atomic E-state index is 5.29. The minimum Gasteiger partial charge on any atom is -0.300 e. The normalized spacial score (nSPS) is 27.0. The van der Waals surface area contributed by atoms with Crippen LogP contribution in [0.2, 0.25) is 0 Å². The number of nitrogens with one attached hydrogen (secondary N) is 1. The molecule has 5 heteroatoms. The van der Waals surface area contributed by atoms with Gasteiger partial charge in [-0.15, -0.1) is 0 Å². The van der Waals surface area contributed by atoms with Gasteiger partial charge in [0.1, 0.15) is 5.82 Å². The summed E-state index contributed by atoms with van der Waals surface area (Å²) >= 11 is 7.31. The topological polar surface area (TPSA) is 33.6 Å². The second-order valence-electron chi connectivity index (χ2n) is 4.05. The van der Waals surface area contributed by atoms with E-state index in [-0.39, 0.29) is 0 Å². The van der Waals surface area contributed by atoms with E-state index in [1.54, 1.807) is 0 Å². The fraction of sp³-hybridized carbons (Fsp3) is 0.778. The lowest BCUT2D eigenvalue weighted by Crippen LogP contribution is -2.11. The molecule has 2 heterocycles. The Morgan fingerprint density at radius 1 is 1.43 bits per heavy atom. The first-order valence-electron chi connectivity index (χ1n) is 5.11. The van der Waals surface area contributed by atoms with Gasteiger partial charge in [0.2, 0.25) is 0 Å². The summed E-state index contributed by atoms with van der Waals surface area (Å²) in [5, 5.41) is 7.30. The molecular weight excluding hydrogens is 214 g/mol. The summed E-state index contributed by atoms with van der Waals surface area (Å²) in [5.74, 6) is 4.37. The van der Waals surface area contributed by atoms with Gasteiger partial charge in [-0.1, -0.05) is 0 Å². The highest BCUT2D eigenvalue weighted by atomic mass is 32.2. The third kappa shape index (κ3) is 1.42. The van der Waals surface area contributed by atoms with Gasteiger partial charge in [-0.2, -0.15) is 16.9 Å². The van der Waals surface area contributed by atoms with Crippen molar-refractivity contribution in [2.45, 2.75) is 31.2 Å². The molecule has 2 aliphatic rings. The number of nitrogens with zero attached hydrogens (tertiary/aromatic N) is 2. The average Bonchev–Trinajstić information content (AvgIpc) is 2.75. The van der Waals surface area contributed by atoms with E-state index in [1.165, 1.54) is 36.6 Å². The van der Waals surface area contributed by atoms with Gasteiger partial charge >= 0.3 is 0 Å². The Kier molecular flexibility index (Phi) is 2.17. The quantitative estimate of drug-likeness (QED) is 0.788. The van der Waals surface area contributed by atoms with Crippen molar-refractivity contribution in [2.75, 3.05) is 11.5 Å². The molecule has 2 fully saturated rings. The fourth-order valence-electron chi connectivity index (χ4n) is 2.02. The van der Waals surface area contributed by atoms with Crippen LogP contribution < -0.4 is 0 Å². The Morgan fingerprint density at radius 2 is 2.29 bits per heavy atom. The Morgan fingerprint density at radius 3 is 2.93 bits per heavy atom. The van der Waals surface area contributed by atoms with Crippen LogP contribution in [0.15, 0.2) is 0 Å². The second kappa shape index (κ2) is 3.38. The van der Waals surface area contributed by atoms with Crippen LogP contribution >= 0.6 is 24.0 Å². The second-order valence-corrected chi connectivity index (χ2v) is 5.59. The number of hydrogen-bond donors (Lipinski definition) is 1. The number of aromatic nitrogens is 3. The molecule has 3 rings (SSSR count). The maximum Gasteiger partial charge on any atom is 0.195 e. The van der Waals surface area contributed by atoms with Gasteiger partial charge in [-0.05, 0) is 37.2 Å². The molecule has 1 aromatic heterocycles. The van der Waals surface area contributed by atoms with Gasteiger partial charge < -0.3 is 0 Å². The zero-order valence-corrected chi connectivity index (χ0v) is 9.53. The lowest BCUT2D eigenvalue weighted by Gasteiger charge is -2.12. The van der Waals surface area contributed by atoms with Gasteiger partial charge in [0.15, 0.2) is 4.77 Å². The van der Waals surface area contributed by atoms with E-state index in [0.29, 0.717) is 12.0 Å². The third-order valence-electron chi connectivity index (χ3n) is 2.95. The minimum atomic E-state index is 0.599. The smallest absolute Gasteiger partial charge is 0.195 e. The first-order valence-corrected chi connectivity index (χ1v) is 6.67. The van der Waals surface area contributed by atoms with Crippen molar-refractivity contribution in [2.24, 2.45) is 0 Å². The molecule has 1 N–H and O–H groups in total. The SMILES string of the molecule is S=c1[nH]nc(C2CC2)n1C1CCSC1.